The number of benzene rings is 1. The van der Waals surface area contributed by atoms with Crippen LogP contribution in [0.25, 0.3) is 0 Å². The minimum absolute atomic E-state index is 0.144. The van der Waals surface area contributed by atoms with Gasteiger partial charge in [0, 0.05) is 11.6 Å². The Balaban J connectivity index is 1.73. The van der Waals surface area contributed by atoms with E-state index in [9.17, 15) is 14.4 Å². The number of amides is 2. The summed E-state index contributed by atoms with van der Waals surface area (Å²) in [6.45, 7) is 2.10. The summed E-state index contributed by atoms with van der Waals surface area (Å²) in [6.07, 6.45) is 1.25. The number of esters is 1. The molecule has 0 saturated carbocycles. The van der Waals surface area contributed by atoms with Crippen LogP contribution in [-0.4, -0.2) is 44.1 Å². The second-order valence-corrected chi connectivity index (χ2v) is 6.13. The molecule has 2 N–H and O–H groups in total. The number of hydrogen-bond donors (Lipinski definition) is 2. The summed E-state index contributed by atoms with van der Waals surface area (Å²) in [4.78, 5) is 35.1. The fraction of sp³-hybridized carbons (Fsp3) is 0.471. The summed E-state index contributed by atoms with van der Waals surface area (Å²) < 4.78 is 10.5. The van der Waals surface area contributed by atoms with Crippen molar-refractivity contribution in [2.45, 2.75) is 19.8 Å². The number of hydrogen-bond acceptors (Lipinski definition) is 5. The molecular formula is C17H21ClN2O5. The zero-order chi connectivity index (χ0) is 18.2. The van der Waals surface area contributed by atoms with Crippen molar-refractivity contribution in [3.05, 3.63) is 28.8 Å². The van der Waals surface area contributed by atoms with Crippen molar-refractivity contribution in [3.8, 4) is 5.75 Å². The number of carbonyl (C=O) groups is 3. The van der Waals surface area contributed by atoms with Crippen LogP contribution < -0.4 is 15.4 Å². The Hall–Kier alpha value is -2.28. The summed E-state index contributed by atoms with van der Waals surface area (Å²) in [5, 5.41) is 5.59. The van der Waals surface area contributed by atoms with E-state index < -0.39 is 24.4 Å². The number of rotatable bonds is 7. The standard InChI is InChI=1S/C17H21ClN2O5/c1-2-5-19-15(21)8-20-16(22)10-25-17(23)12-6-11-7-13(18)3-4-14(11)24-9-12/h3-4,7,12H,2,5-6,8-10H2,1H3,(H,19,21)(H,20,22)/t12-/m1/s1. The molecule has 2 rings (SSSR count). The fourth-order valence-corrected chi connectivity index (χ4v) is 2.52. The smallest absolute Gasteiger partial charge is 0.313 e. The van der Waals surface area contributed by atoms with Crippen molar-refractivity contribution < 1.29 is 23.9 Å². The summed E-state index contributed by atoms with van der Waals surface area (Å²) in [6, 6.07) is 5.23. The molecule has 1 aliphatic heterocycles. The monoisotopic (exact) mass is 368 g/mol. The maximum atomic E-state index is 12.1. The lowest BCUT2D eigenvalue weighted by atomic mass is 9.97. The highest BCUT2D eigenvalue weighted by atomic mass is 35.5. The second kappa shape index (κ2) is 9.27. The maximum Gasteiger partial charge on any atom is 0.313 e. The minimum Gasteiger partial charge on any atom is -0.492 e. The average Bonchev–Trinajstić information content (AvgIpc) is 2.61. The number of nitrogens with one attached hydrogen (secondary N) is 2. The minimum atomic E-state index is -0.528. The van der Waals surface area contributed by atoms with E-state index in [0.717, 1.165) is 12.0 Å². The third kappa shape index (κ3) is 5.94. The summed E-state index contributed by atoms with van der Waals surface area (Å²) in [7, 11) is 0. The SMILES string of the molecule is CCCNC(=O)CNC(=O)COC(=O)[C@H]1COc2ccc(Cl)cc2C1. The fourth-order valence-electron chi connectivity index (χ4n) is 2.33. The molecule has 25 heavy (non-hydrogen) atoms. The van der Waals surface area contributed by atoms with E-state index in [0.29, 0.717) is 23.7 Å². The molecule has 0 fully saturated rings. The van der Waals surface area contributed by atoms with E-state index in [1.54, 1.807) is 18.2 Å². The van der Waals surface area contributed by atoms with E-state index in [4.69, 9.17) is 21.1 Å². The highest BCUT2D eigenvalue weighted by Gasteiger charge is 2.28. The predicted molar refractivity (Wildman–Crippen MR) is 91.4 cm³/mol. The van der Waals surface area contributed by atoms with Crippen LogP contribution in [0.2, 0.25) is 5.02 Å². The second-order valence-electron chi connectivity index (χ2n) is 5.70. The van der Waals surface area contributed by atoms with Gasteiger partial charge < -0.3 is 20.1 Å². The van der Waals surface area contributed by atoms with Crippen molar-refractivity contribution in [2.24, 2.45) is 5.92 Å². The lowest BCUT2D eigenvalue weighted by molar-refractivity contribution is -0.153. The van der Waals surface area contributed by atoms with Gasteiger partial charge in [0.15, 0.2) is 6.61 Å². The van der Waals surface area contributed by atoms with Gasteiger partial charge in [-0.25, -0.2) is 0 Å². The number of halogens is 1. The topological polar surface area (TPSA) is 93.7 Å². The summed E-state index contributed by atoms with van der Waals surface area (Å²) in [5.74, 6) is -1.12. The van der Waals surface area contributed by atoms with Gasteiger partial charge >= 0.3 is 5.97 Å². The molecule has 136 valence electrons. The van der Waals surface area contributed by atoms with Crippen LogP contribution in [0, 0.1) is 5.92 Å². The van der Waals surface area contributed by atoms with Gasteiger partial charge in [-0.05, 0) is 36.6 Å². The molecule has 2 amide bonds. The normalized spacial score (nSPS) is 15.5. The van der Waals surface area contributed by atoms with Gasteiger partial charge in [0.1, 0.15) is 12.4 Å². The van der Waals surface area contributed by atoms with E-state index >= 15 is 0 Å². The van der Waals surface area contributed by atoms with Crippen LogP contribution in [0.15, 0.2) is 18.2 Å². The number of fused-ring (bicyclic) bond motifs is 1. The molecule has 8 heteroatoms. The van der Waals surface area contributed by atoms with Crippen LogP contribution in [0.3, 0.4) is 0 Å². The predicted octanol–water partition coefficient (Wildman–Crippen LogP) is 1.08. The number of carbonyl (C=O) groups excluding carboxylic acids is 3. The molecular weight excluding hydrogens is 348 g/mol. The Kier molecular flexibility index (Phi) is 7.06. The van der Waals surface area contributed by atoms with E-state index in [1.807, 2.05) is 6.92 Å². The zero-order valence-corrected chi connectivity index (χ0v) is 14.7. The first-order chi connectivity index (χ1) is 12.0. The Labute approximate surface area is 151 Å². The molecule has 0 spiro atoms. The first-order valence-electron chi connectivity index (χ1n) is 8.11. The van der Waals surface area contributed by atoms with Gasteiger partial charge in [0.2, 0.25) is 5.91 Å². The molecule has 0 aromatic heterocycles. The van der Waals surface area contributed by atoms with Gasteiger partial charge in [-0.15, -0.1) is 0 Å². The molecule has 0 bridgehead atoms. The maximum absolute atomic E-state index is 12.1. The van der Waals surface area contributed by atoms with Gasteiger partial charge in [-0.2, -0.15) is 0 Å². The first-order valence-corrected chi connectivity index (χ1v) is 8.48. The average molecular weight is 369 g/mol. The van der Waals surface area contributed by atoms with Crippen LogP contribution >= 0.6 is 11.6 Å². The van der Waals surface area contributed by atoms with Gasteiger partial charge in [0.05, 0.1) is 12.5 Å². The van der Waals surface area contributed by atoms with E-state index in [2.05, 4.69) is 10.6 Å². The molecule has 0 unspecified atom stereocenters. The molecule has 1 atom stereocenters. The van der Waals surface area contributed by atoms with Gasteiger partial charge in [-0.3, -0.25) is 14.4 Å². The first kappa shape index (κ1) is 19.1. The van der Waals surface area contributed by atoms with Crippen LogP contribution in [0.4, 0.5) is 0 Å². The Morgan fingerprint density at radius 2 is 2.08 bits per heavy atom. The quantitative estimate of drug-likeness (QED) is 0.702. The molecule has 1 aliphatic rings. The largest absolute Gasteiger partial charge is 0.492 e. The van der Waals surface area contributed by atoms with Gasteiger partial charge in [-0.1, -0.05) is 18.5 Å². The molecule has 1 aromatic carbocycles. The van der Waals surface area contributed by atoms with Crippen molar-refractivity contribution >= 4 is 29.4 Å². The molecule has 0 radical (unpaired) electrons. The summed E-state index contributed by atoms with van der Waals surface area (Å²) in [5.41, 5.74) is 0.831. The lowest BCUT2D eigenvalue weighted by Gasteiger charge is -2.24. The van der Waals surface area contributed by atoms with Gasteiger partial charge in [0.25, 0.3) is 5.91 Å². The highest BCUT2D eigenvalue weighted by molar-refractivity contribution is 6.30. The third-order valence-electron chi connectivity index (χ3n) is 3.63. The lowest BCUT2D eigenvalue weighted by Crippen LogP contribution is -2.39. The van der Waals surface area contributed by atoms with Crippen LogP contribution in [-0.2, 0) is 25.5 Å². The van der Waals surface area contributed by atoms with Crippen molar-refractivity contribution in [2.75, 3.05) is 26.3 Å². The Bertz CT molecular complexity index is 650. The van der Waals surface area contributed by atoms with Crippen molar-refractivity contribution in [1.29, 1.82) is 0 Å². The third-order valence-corrected chi connectivity index (χ3v) is 3.86. The van der Waals surface area contributed by atoms with Crippen LogP contribution in [0.5, 0.6) is 5.75 Å². The van der Waals surface area contributed by atoms with Crippen molar-refractivity contribution in [3.63, 3.8) is 0 Å². The molecule has 1 aromatic rings. The zero-order valence-electron chi connectivity index (χ0n) is 14.0. The van der Waals surface area contributed by atoms with E-state index in [-0.39, 0.29) is 19.1 Å². The summed E-state index contributed by atoms with van der Waals surface area (Å²) >= 11 is 5.94. The Morgan fingerprint density at radius 1 is 1.28 bits per heavy atom. The Morgan fingerprint density at radius 3 is 2.84 bits per heavy atom. The molecule has 0 saturated heterocycles. The van der Waals surface area contributed by atoms with Crippen LogP contribution in [0.1, 0.15) is 18.9 Å². The molecule has 1 heterocycles. The van der Waals surface area contributed by atoms with Crippen molar-refractivity contribution in [1.82, 2.24) is 10.6 Å². The highest BCUT2D eigenvalue weighted by Crippen LogP contribution is 2.30. The molecule has 0 aliphatic carbocycles. The molecule has 7 nitrogen and oxygen atoms in total. The van der Waals surface area contributed by atoms with E-state index in [1.165, 1.54) is 0 Å². The number of ether oxygens (including phenoxy) is 2.